The summed E-state index contributed by atoms with van der Waals surface area (Å²) in [5.41, 5.74) is 0. The number of hydrogen-bond acceptors (Lipinski definition) is 6. The summed E-state index contributed by atoms with van der Waals surface area (Å²) >= 11 is 5.52. The van der Waals surface area contributed by atoms with Crippen LogP contribution in [-0.4, -0.2) is 56.9 Å². The van der Waals surface area contributed by atoms with E-state index in [0.717, 1.165) is 0 Å². The molecular formula is C11H18ClN3O3. The van der Waals surface area contributed by atoms with Gasteiger partial charge in [-0.05, 0) is 0 Å². The van der Waals surface area contributed by atoms with Crippen molar-refractivity contribution in [3.05, 3.63) is 6.07 Å². The second-order valence-electron chi connectivity index (χ2n) is 3.48. The quantitative estimate of drug-likeness (QED) is 0.525. The van der Waals surface area contributed by atoms with Gasteiger partial charge in [-0.3, -0.25) is 0 Å². The van der Waals surface area contributed by atoms with Crippen LogP contribution in [0.5, 0.6) is 11.8 Å². The summed E-state index contributed by atoms with van der Waals surface area (Å²) in [5.74, 6) is 1.95. The van der Waals surface area contributed by atoms with E-state index in [1.165, 1.54) is 0 Å². The molecule has 7 heteroatoms. The van der Waals surface area contributed by atoms with Gasteiger partial charge in [-0.2, -0.15) is 9.97 Å². The average molecular weight is 276 g/mol. The topological polar surface area (TPSA) is 56.7 Å². The predicted molar refractivity (Wildman–Crippen MR) is 69.9 cm³/mol. The Labute approximate surface area is 112 Å². The molecule has 0 saturated carbocycles. The van der Waals surface area contributed by atoms with E-state index < -0.39 is 0 Å². The van der Waals surface area contributed by atoms with Crippen molar-refractivity contribution >= 4 is 17.5 Å². The Kier molecular flexibility index (Phi) is 6.53. The van der Waals surface area contributed by atoms with Crippen LogP contribution in [-0.2, 0) is 4.74 Å². The molecule has 0 aliphatic rings. The third-order valence-electron chi connectivity index (χ3n) is 2.22. The molecule has 0 saturated heterocycles. The van der Waals surface area contributed by atoms with Gasteiger partial charge in [0.05, 0.1) is 33.5 Å². The molecule has 0 aliphatic heterocycles. The summed E-state index contributed by atoms with van der Waals surface area (Å²) in [4.78, 5) is 10.3. The van der Waals surface area contributed by atoms with Gasteiger partial charge in [0.2, 0.25) is 17.7 Å². The summed E-state index contributed by atoms with van der Waals surface area (Å²) < 4.78 is 15.5. The van der Waals surface area contributed by atoms with Gasteiger partial charge in [-0.1, -0.05) is 0 Å². The first-order valence-corrected chi connectivity index (χ1v) is 6.06. The van der Waals surface area contributed by atoms with Crippen LogP contribution >= 0.6 is 11.6 Å². The Morgan fingerprint density at radius 2 is 1.78 bits per heavy atom. The zero-order valence-electron chi connectivity index (χ0n) is 10.9. The fourth-order valence-electron chi connectivity index (χ4n) is 1.23. The predicted octanol–water partition coefficient (Wildman–Crippen LogP) is 1.19. The maximum atomic E-state index is 5.52. The third kappa shape index (κ3) is 4.54. The molecular weight excluding hydrogens is 258 g/mol. The normalized spacial score (nSPS) is 10.2. The molecule has 1 rings (SSSR count). The summed E-state index contributed by atoms with van der Waals surface area (Å²) in [5, 5.41) is 0. The monoisotopic (exact) mass is 275 g/mol. The van der Waals surface area contributed by atoms with Gasteiger partial charge < -0.3 is 19.1 Å². The maximum absolute atomic E-state index is 5.52. The lowest BCUT2D eigenvalue weighted by Gasteiger charge is -2.17. The van der Waals surface area contributed by atoms with Crippen LogP contribution < -0.4 is 14.4 Å². The van der Waals surface area contributed by atoms with E-state index >= 15 is 0 Å². The molecule has 0 bridgehead atoms. The first-order valence-electron chi connectivity index (χ1n) is 5.53. The fraction of sp³-hybridized carbons (Fsp3) is 0.636. The number of hydrogen-bond donors (Lipinski definition) is 0. The number of ether oxygens (including phenoxy) is 3. The van der Waals surface area contributed by atoms with Gasteiger partial charge in [0.1, 0.15) is 0 Å². The van der Waals surface area contributed by atoms with E-state index in [9.17, 15) is 0 Å². The third-order valence-corrected chi connectivity index (χ3v) is 2.37. The van der Waals surface area contributed by atoms with Gasteiger partial charge in [-0.15, -0.1) is 11.6 Å². The second-order valence-corrected chi connectivity index (χ2v) is 3.85. The van der Waals surface area contributed by atoms with E-state index in [-0.39, 0.29) is 0 Å². The van der Waals surface area contributed by atoms with Crippen LogP contribution in [0.3, 0.4) is 0 Å². The van der Waals surface area contributed by atoms with E-state index in [1.54, 1.807) is 20.3 Å². The highest BCUT2D eigenvalue weighted by molar-refractivity contribution is 6.17. The SMILES string of the molecule is COc1cc(OC)nc(N(C)CCOCCCl)n1. The van der Waals surface area contributed by atoms with Crippen molar-refractivity contribution in [1.29, 1.82) is 0 Å². The largest absolute Gasteiger partial charge is 0.481 e. The first kappa shape index (κ1) is 14.8. The minimum atomic E-state index is 0.463. The van der Waals surface area contributed by atoms with Crippen molar-refractivity contribution in [3.8, 4) is 11.8 Å². The maximum Gasteiger partial charge on any atom is 0.231 e. The van der Waals surface area contributed by atoms with Crippen molar-refractivity contribution in [2.45, 2.75) is 0 Å². The molecule has 0 fully saturated rings. The molecule has 6 nitrogen and oxygen atoms in total. The van der Waals surface area contributed by atoms with Crippen LogP contribution in [0.15, 0.2) is 6.07 Å². The lowest BCUT2D eigenvalue weighted by molar-refractivity contribution is 0.156. The van der Waals surface area contributed by atoms with Crippen LogP contribution in [0.4, 0.5) is 5.95 Å². The number of likely N-dealkylation sites (N-methyl/N-ethyl adjacent to an activating group) is 1. The van der Waals surface area contributed by atoms with Crippen LogP contribution in [0.25, 0.3) is 0 Å². The van der Waals surface area contributed by atoms with Gasteiger partial charge in [-0.25, -0.2) is 0 Å². The number of anilines is 1. The Balaban J connectivity index is 2.63. The molecule has 0 aliphatic carbocycles. The lowest BCUT2D eigenvalue weighted by Crippen LogP contribution is -2.25. The second kappa shape index (κ2) is 7.94. The standard InChI is InChI=1S/C11H18ClN3O3/c1-15(5-7-18-6-4-12)11-13-9(16-2)8-10(14-11)17-3/h8H,4-7H2,1-3H3. The molecule has 0 unspecified atom stereocenters. The van der Waals surface area contributed by atoms with Gasteiger partial charge in [0.15, 0.2) is 0 Å². The highest BCUT2D eigenvalue weighted by atomic mass is 35.5. The minimum Gasteiger partial charge on any atom is -0.481 e. The smallest absolute Gasteiger partial charge is 0.231 e. The van der Waals surface area contributed by atoms with E-state index in [1.807, 2.05) is 11.9 Å². The molecule has 1 aromatic heterocycles. The van der Waals surface area contributed by atoms with Crippen molar-refractivity contribution in [2.24, 2.45) is 0 Å². The summed E-state index contributed by atoms with van der Waals surface area (Å²) in [7, 11) is 4.97. The van der Waals surface area contributed by atoms with Crippen molar-refractivity contribution in [3.63, 3.8) is 0 Å². The number of alkyl halides is 1. The molecule has 0 amide bonds. The van der Waals surface area contributed by atoms with E-state index in [2.05, 4.69) is 9.97 Å². The zero-order chi connectivity index (χ0) is 13.4. The summed E-state index contributed by atoms with van der Waals surface area (Å²) in [6.07, 6.45) is 0. The van der Waals surface area contributed by atoms with Gasteiger partial charge >= 0.3 is 0 Å². The fourth-order valence-corrected chi connectivity index (χ4v) is 1.34. The number of methoxy groups -OCH3 is 2. The first-order chi connectivity index (χ1) is 8.71. The zero-order valence-corrected chi connectivity index (χ0v) is 11.6. The number of halogens is 1. The van der Waals surface area contributed by atoms with E-state index in [4.69, 9.17) is 25.8 Å². The highest BCUT2D eigenvalue weighted by Crippen LogP contribution is 2.19. The number of nitrogens with zero attached hydrogens (tertiary/aromatic N) is 3. The molecule has 1 aromatic rings. The van der Waals surface area contributed by atoms with Crippen LogP contribution in [0.1, 0.15) is 0 Å². The molecule has 0 atom stereocenters. The molecule has 1 heterocycles. The summed E-state index contributed by atoms with van der Waals surface area (Å²) in [6, 6.07) is 1.63. The Morgan fingerprint density at radius 1 is 1.17 bits per heavy atom. The molecule has 0 aromatic carbocycles. The summed E-state index contributed by atoms with van der Waals surface area (Å²) in [6.45, 7) is 1.76. The van der Waals surface area contributed by atoms with Crippen molar-refractivity contribution < 1.29 is 14.2 Å². The highest BCUT2D eigenvalue weighted by Gasteiger charge is 2.09. The molecule has 18 heavy (non-hydrogen) atoms. The Bertz CT molecular complexity index is 343. The number of aromatic nitrogens is 2. The molecule has 102 valence electrons. The van der Waals surface area contributed by atoms with Crippen molar-refractivity contribution in [1.82, 2.24) is 9.97 Å². The minimum absolute atomic E-state index is 0.463. The Morgan fingerprint density at radius 3 is 2.28 bits per heavy atom. The van der Waals surface area contributed by atoms with Crippen LogP contribution in [0, 0.1) is 0 Å². The Hall–Kier alpha value is -1.27. The van der Waals surface area contributed by atoms with Crippen molar-refractivity contribution in [2.75, 3.05) is 51.8 Å². The molecule has 0 spiro atoms. The van der Waals surface area contributed by atoms with E-state index in [0.29, 0.717) is 43.3 Å². The molecule has 0 radical (unpaired) electrons. The lowest BCUT2D eigenvalue weighted by atomic mass is 10.5. The van der Waals surface area contributed by atoms with Gasteiger partial charge in [0.25, 0.3) is 0 Å². The van der Waals surface area contributed by atoms with Gasteiger partial charge in [0, 0.05) is 19.5 Å². The number of rotatable bonds is 8. The molecule has 0 N–H and O–H groups in total. The van der Waals surface area contributed by atoms with Crippen LogP contribution in [0.2, 0.25) is 0 Å². The average Bonchev–Trinajstić information content (AvgIpc) is 2.42.